The highest BCUT2D eigenvalue weighted by atomic mass is 35.5. The standard InChI is InChI=1S/C20H25ClN4O2/c1-2-13-27-19-4-3-17(14-18(19)21)23-20(26)25-11-9-24(10-12-25)15-16-5-7-22-8-6-16/h3-8,14H,2,9-13,15H2,1H3,(H,23,26). The molecule has 0 unspecified atom stereocenters. The third-order valence-electron chi connectivity index (χ3n) is 4.46. The fraction of sp³-hybridized carbons (Fsp3) is 0.400. The number of carbonyl (C=O) groups is 1. The van der Waals surface area contributed by atoms with Gasteiger partial charge >= 0.3 is 6.03 Å². The summed E-state index contributed by atoms with van der Waals surface area (Å²) in [4.78, 5) is 20.7. The average molecular weight is 389 g/mol. The van der Waals surface area contributed by atoms with Crippen LogP contribution < -0.4 is 10.1 Å². The van der Waals surface area contributed by atoms with Crippen molar-refractivity contribution < 1.29 is 9.53 Å². The summed E-state index contributed by atoms with van der Waals surface area (Å²) in [6.45, 7) is 6.63. The molecular formula is C20H25ClN4O2. The molecule has 2 aromatic rings. The molecule has 1 aliphatic rings. The number of hydrogen-bond donors (Lipinski definition) is 1. The molecule has 2 heterocycles. The van der Waals surface area contributed by atoms with E-state index in [9.17, 15) is 4.79 Å². The predicted octanol–water partition coefficient (Wildman–Crippen LogP) is 3.87. The fourth-order valence-corrected chi connectivity index (χ4v) is 3.20. The average Bonchev–Trinajstić information content (AvgIpc) is 2.69. The SMILES string of the molecule is CCCOc1ccc(NC(=O)N2CCN(Cc3ccncc3)CC2)cc1Cl. The first-order valence-electron chi connectivity index (χ1n) is 9.25. The molecule has 144 valence electrons. The lowest BCUT2D eigenvalue weighted by Gasteiger charge is -2.34. The number of anilines is 1. The van der Waals surface area contributed by atoms with Crippen molar-refractivity contribution in [1.29, 1.82) is 0 Å². The van der Waals surface area contributed by atoms with Crippen molar-refractivity contribution in [1.82, 2.24) is 14.8 Å². The molecule has 27 heavy (non-hydrogen) atoms. The first-order chi connectivity index (χ1) is 13.2. The number of aromatic nitrogens is 1. The summed E-state index contributed by atoms with van der Waals surface area (Å²) in [5.74, 6) is 0.640. The van der Waals surface area contributed by atoms with Crippen molar-refractivity contribution in [3.05, 3.63) is 53.3 Å². The number of pyridine rings is 1. The highest BCUT2D eigenvalue weighted by Crippen LogP contribution is 2.28. The molecule has 2 amide bonds. The van der Waals surface area contributed by atoms with Gasteiger partial charge in [0.05, 0.1) is 11.6 Å². The largest absolute Gasteiger partial charge is 0.492 e. The zero-order chi connectivity index (χ0) is 19.1. The molecule has 0 aliphatic carbocycles. The van der Waals surface area contributed by atoms with Crippen LogP contribution >= 0.6 is 11.6 Å². The maximum atomic E-state index is 12.5. The van der Waals surface area contributed by atoms with E-state index in [1.54, 1.807) is 12.1 Å². The van der Waals surface area contributed by atoms with Gasteiger partial charge in [-0.2, -0.15) is 0 Å². The predicted molar refractivity (Wildman–Crippen MR) is 107 cm³/mol. The summed E-state index contributed by atoms with van der Waals surface area (Å²) in [5, 5.41) is 3.42. The number of benzene rings is 1. The molecule has 1 N–H and O–H groups in total. The third kappa shape index (κ3) is 5.58. The number of hydrogen-bond acceptors (Lipinski definition) is 4. The van der Waals surface area contributed by atoms with Crippen LogP contribution in [0.15, 0.2) is 42.7 Å². The molecule has 1 aromatic heterocycles. The Labute approximate surface area is 165 Å². The molecule has 7 heteroatoms. The van der Waals surface area contributed by atoms with Gasteiger partial charge in [-0.1, -0.05) is 18.5 Å². The van der Waals surface area contributed by atoms with Crippen LogP contribution in [0, 0.1) is 0 Å². The smallest absolute Gasteiger partial charge is 0.321 e. The molecule has 0 spiro atoms. The minimum absolute atomic E-state index is 0.100. The van der Waals surface area contributed by atoms with E-state index in [0.29, 0.717) is 36.2 Å². The van der Waals surface area contributed by atoms with Gasteiger partial charge in [0.25, 0.3) is 0 Å². The quantitative estimate of drug-likeness (QED) is 0.816. The molecule has 0 saturated carbocycles. The lowest BCUT2D eigenvalue weighted by Crippen LogP contribution is -2.49. The Balaban J connectivity index is 1.48. The van der Waals surface area contributed by atoms with E-state index in [2.05, 4.69) is 15.2 Å². The van der Waals surface area contributed by atoms with Crippen molar-refractivity contribution in [3.63, 3.8) is 0 Å². The second-order valence-electron chi connectivity index (χ2n) is 6.54. The Kier molecular flexibility index (Phi) is 6.90. The molecule has 1 fully saturated rings. The van der Waals surface area contributed by atoms with Gasteiger partial charge < -0.3 is 15.0 Å². The zero-order valence-electron chi connectivity index (χ0n) is 15.5. The normalized spacial score (nSPS) is 14.8. The highest BCUT2D eigenvalue weighted by molar-refractivity contribution is 6.32. The van der Waals surface area contributed by atoms with E-state index in [1.165, 1.54) is 5.56 Å². The molecular weight excluding hydrogens is 364 g/mol. The van der Waals surface area contributed by atoms with Crippen LogP contribution in [-0.2, 0) is 6.54 Å². The maximum Gasteiger partial charge on any atom is 0.321 e. The number of carbonyl (C=O) groups excluding carboxylic acids is 1. The number of amides is 2. The number of nitrogens with zero attached hydrogens (tertiary/aromatic N) is 3. The number of ether oxygens (including phenoxy) is 1. The number of nitrogens with one attached hydrogen (secondary N) is 1. The van der Waals surface area contributed by atoms with Gasteiger partial charge in [-0.15, -0.1) is 0 Å². The van der Waals surface area contributed by atoms with Gasteiger partial charge in [0.2, 0.25) is 0 Å². The van der Waals surface area contributed by atoms with Gasteiger partial charge in [-0.05, 0) is 42.3 Å². The van der Waals surface area contributed by atoms with E-state index in [0.717, 1.165) is 26.1 Å². The van der Waals surface area contributed by atoms with Crippen molar-refractivity contribution in [2.45, 2.75) is 19.9 Å². The van der Waals surface area contributed by atoms with Crippen molar-refractivity contribution in [3.8, 4) is 5.75 Å². The van der Waals surface area contributed by atoms with Crippen LogP contribution in [0.4, 0.5) is 10.5 Å². The van der Waals surface area contributed by atoms with Crippen LogP contribution in [0.25, 0.3) is 0 Å². The molecule has 0 radical (unpaired) electrons. The van der Waals surface area contributed by atoms with Crippen LogP contribution in [0.2, 0.25) is 5.02 Å². The lowest BCUT2D eigenvalue weighted by molar-refractivity contribution is 0.143. The summed E-state index contributed by atoms with van der Waals surface area (Å²) >= 11 is 6.23. The molecule has 0 bridgehead atoms. The van der Waals surface area contributed by atoms with Gasteiger partial charge in [0.1, 0.15) is 5.75 Å². The number of halogens is 1. The molecule has 1 saturated heterocycles. The second kappa shape index (κ2) is 9.58. The Morgan fingerprint density at radius 1 is 1.19 bits per heavy atom. The minimum atomic E-state index is -0.100. The maximum absolute atomic E-state index is 12.5. The van der Waals surface area contributed by atoms with Crippen LogP contribution in [0.3, 0.4) is 0 Å². The first-order valence-corrected chi connectivity index (χ1v) is 9.63. The van der Waals surface area contributed by atoms with Crippen molar-refractivity contribution in [2.24, 2.45) is 0 Å². The molecule has 0 atom stereocenters. The summed E-state index contributed by atoms with van der Waals surface area (Å²) in [5.41, 5.74) is 1.91. The van der Waals surface area contributed by atoms with Gasteiger partial charge in [-0.3, -0.25) is 9.88 Å². The molecule has 1 aliphatic heterocycles. The monoisotopic (exact) mass is 388 g/mol. The van der Waals surface area contributed by atoms with Crippen LogP contribution in [-0.4, -0.2) is 53.6 Å². The number of urea groups is 1. The van der Waals surface area contributed by atoms with Crippen molar-refractivity contribution >= 4 is 23.3 Å². The van der Waals surface area contributed by atoms with E-state index >= 15 is 0 Å². The summed E-state index contributed by atoms with van der Waals surface area (Å²) in [7, 11) is 0. The van der Waals surface area contributed by atoms with E-state index in [1.807, 2.05) is 42.4 Å². The topological polar surface area (TPSA) is 57.7 Å². The van der Waals surface area contributed by atoms with Crippen molar-refractivity contribution in [2.75, 3.05) is 38.1 Å². The minimum Gasteiger partial charge on any atom is -0.492 e. The number of piperazine rings is 1. The third-order valence-corrected chi connectivity index (χ3v) is 4.76. The molecule has 1 aromatic carbocycles. The summed E-state index contributed by atoms with van der Waals surface area (Å²) in [6, 6.07) is 9.28. The van der Waals surface area contributed by atoms with E-state index in [4.69, 9.17) is 16.3 Å². The van der Waals surface area contributed by atoms with Gasteiger partial charge in [0.15, 0.2) is 0 Å². The Bertz CT molecular complexity index is 749. The summed E-state index contributed by atoms with van der Waals surface area (Å²) in [6.07, 6.45) is 4.54. The lowest BCUT2D eigenvalue weighted by atomic mass is 10.2. The van der Waals surface area contributed by atoms with Gasteiger partial charge in [-0.25, -0.2) is 4.79 Å². The zero-order valence-corrected chi connectivity index (χ0v) is 16.3. The van der Waals surface area contributed by atoms with Crippen LogP contribution in [0.5, 0.6) is 5.75 Å². The summed E-state index contributed by atoms with van der Waals surface area (Å²) < 4.78 is 5.56. The van der Waals surface area contributed by atoms with E-state index < -0.39 is 0 Å². The van der Waals surface area contributed by atoms with Gasteiger partial charge in [0, 0.05) is 50.8 Å². The second-order valence-corrected chi connectivity index (χ2v) is 6.95. The fourth-order valence-electron chi connectivity index (χ4n) is 2.97. The Hall–Kier alpha value is -2.31. The highest BCUT2D eigenvalue weighted by Gasteiger charge is 2.21. The number of rotatable bonds is 6. The first kappa shape index (κ1) is 19.5. The molecule has 3 rings (SSSR count). The van der Waals surface area contributed by atoms with Crippen LogP contribution in [0.1, 0.15) is 18.9 Å². The Morgan fingerprint density at radius 3 is 2.59 bits per heavy atom. The Morgan fingerprint density at radius 2 is 1.93 bits per heavy atom. The molecule has 6 nitrogen and oxygen atoms in total. The van der Waals surface area contributed by atoms with E-state index in [-0.39, 0.29) is 6.03 Å².